The van der Waals surface area contributed by atoms with Crippen LogP contribution in [0, 0.1) is 10.1 Å². The maximum Gasteiger partial charge on any atom is 0.283 e. The SMILES string of the molecule is O=CC1OC(c2ccc(Cl)cc2[N+](=O)[O-])=Nc2ccccc21. The zero-order valence-corrected chi connectivity index (χ0v) is 11.9. The molecule has 1 atom stereocenters. The Morgan fingerprint density at radius 2 is 2.05 bits per heavy atom. The van der Waals surface area contributed by atoms with Crippen molar-refractivity contribution < 1.29 is 14.5 Å². The Balaban J connectivity index is 2.16. The first-order valence-corrected chi connectivity index (χ1v) is 6.72. The van der Waals surface area contributed by atoms with E-state index in [1.165, 1.54) is 18.2 Å². The highest BCUT2D eigenvalue weighted by Gasteiger charge is 2.28. The molecule has 22 heavy (non-hydrogen) atoms. The van der Waals surface area contributed by atoms with Gasteiger partial charge in [-0.2, -0.15) is 0 Å². The molecule has 2 aromatic rings. The number of halogens is 1. The van der Waals surface area contributed by atoms with Gasteiger partial charge in [0, 0.05) is 16.7 Å². The van der Waals surface area contributed by atoms with E-state index in [4.69, 9.17) is 16.3 Å². The molecule has 0 aromatic heterocycles. The van der Waals surface area contributed by atoms with Crippen LogP contribution in [0.5, 0.6) is 0 Å². The van der Waals surface area contributed by atoms with Crippen molar-refractivity contribution in [1.29, 1.82) is 0 Å². The van der Waals surface area contributed by atoms with Gasteiger partial charge in [-0.3, -0.25) is 14.9 Å². The Bertz CT molecular complexity index is 804. The second kappa shape index (κ2) is 5.57. The van der Waals surface area contributed by atoms with Gasteiger partial charge in [-0.1, -0.05) is 29.8 Å². The highest BCUT2D eigenvalue weighted by molar-refractivity contribution is 6.31. The van der Waals surface area contributed by atoms with Crippen LogP contribution >= 0.6 is 11.6 Å². The van der Waals surface area contributed by atoms with Crippen LogP contribution < -0.4 is 0 Å². The summed E-state index contributed by atoms with van der Waals surface area (Å²) >= 11 is 5.80. The predicted octanol–water partition coefficient (Wildman–Crippen LogP) is 3.60. The number of hydrogen-bond donors (Lipinski definition) is 0. The summed E-state index contributed by atoms with van der Waals surface area (Å²) in [6.45, 7) is 0. The Morgan fingerprint density at radius 3 is 2.77 bits per heavy atom. The number of fused-ring (bicyclic) bond motifs is 1. The molecule has 1 unspecified atom stereocenters. The molecule has 0 N–H and O–H groups in total. The Morgan fingerprint density at radius 1 is 1.27 bits per heavy atom. The van der Waals surface area contributed by atoms with Crippen LogP contribution in [-0.2, 0) is 9.53 Å². The van der Waals surface area contributed by atoms with E-state index >= 15 is 0 Å². The summed E-state index contributed by atoms with van der Waals surface area (Å²) in [6.07, 6.45) is -0.214. The molecule has 3 rings (SSSR count). The van der Waals surface area contributed by atoms with Crippen LogP contribution in [0.1, 0.15) is 17.2 Å². The van der Waals surface area contributed by atoms with E-state index in [1.54, 1.807) is 24.3 Å². The van der Waals surface area contributed by atoms with Crippen molar-refractivity contribution in [3.63, 3.8) is 0 Å². The molecule has 0 amide bonds. The van der Waals surface area contributed by atoms with Gasteiger partial charge in [0.2, 0.25) is 5.90 Å². The van der Waals surface area contributed by atoms with Gasteiger partial charge in [-0.05, 0) is 18.2 Å². The fourth-order valence-electron chi connectivity index (χ4n) is 2.21. The van der Waals surface area contributed by atoms with E-state index < -0.39 is 11.0 Å². The molecule has 110 valence electrons. The van der Waals surface area contributed by atoms with Gasteiger partial charge in [0.05, 0.1) is 10.6 Å². The maximum absolute atomic E-state index is 11.2. The average Bonchev–Trinajstić information content (AvgIpc) is 2.53. The number of hydrogen-bond acceptors (Lipinski definition) is 5. The van der Waals surface area contributed by atoms with E-state index in [1.807, 2.05) is 0 Å². The monoisotopic (exact) mass is 316 g/mol. The zero-order chi connectivity index (χ0) is 15.7. The molecule has 2 aromatic carbocycles. The minimum atomic E-state index is -0.848. The molecule has 0 bridgehead atoms. The Hall–Kier alpha value is -2.73. The molecule has 0 fully saturated rings. The second-order valence-electron chi connectivity index (χ2n) is 4.57. The maximum atomic E-state index is 11.2. The molecule has 0 radical (unpaired) electrons. The number of para-hydroxylation sites is 1. The van der Waals surface area contributed by atoms with E-state index in [9.17, 15) is 14.9 Å². The molecule has 0 saturated heterocycles. The first-order chi connectivity index (χ1) is 10.6. The first-order valence-electron chi connectivity index (χ1n) is 6.34. The zero-order valence-electron chi connectivity index (χ0n) is 11.1. The molecule has 0 saturated carbocycles. The van der Waals surface area contributed by atoms with E-state index in [-0.39, 0.29) is 22.2 Å². The van der Waals surface area contributed by atoms with Crippen LogP contribution in [0.2, 0.25) is 5.02 Å². The van der Waals surface area contributed by atoms with Gasteiger partial charge in [-0.25, -0.2) is 4.99 Å². The van der Waals surface area contributed by atoms with Crippen LogP contribution in [0.4, 0.5) is 11.4 Å². The fourth-order valence-corrected chi connectivity index (χ4v) is 2.38. The number of benzene rings is 2. The number of rotatable bonds is 3. The Kier molecular flexibility index (Phi) is 3.60. The largest absolute Gasteiger partial charge is 0.461 e. The molecule has 1 heterocycles. The molecule has 0 aliphatic carbocycles. The summed E-state index contributed by atoms with van der Waals surface area (Å²) in [7, 11) is 0. The molecule has 6 nitrogen and oxygen atoms in total. The lowest BCUT2D eigenvalue weighted by molar-refractivity contribution is -0.385. The molecular formula is C15H9ClN2O4. The van der Waals surface area contributed by atoms with Gasteiger partial charge in [0.25, 0.3) is 5.69 Å². The highest BCUT2D eigenvalue weighted by atomic mass is 35.5. The van der Waals surface area contributed by atoms with Crippen molar-refractivity contribution in [1.82, 2.24) is 0 Å². The normalized spacial score (nSPS) is 16.2. The quantitative estimate of drug-likeness (QED) is 0.492. The van der Waals surface area contributed by atoms with E-state index in [2.05, 4.69) is 4.99 Å². The standard InChI is InChI=1S/C15H9ClN2O4/c16-9-5-6-11(13(7-9)18(20)21)15-17-12-4-2-1-3-10(12)14(8-19)22-15/h1-8,14H. The number of nitrogens with zero attached hydrogens (tertiary/aromatic N) is 2. The van der Waals surface area contributed by atoms with Crippen molar-refractivity contribution in [2.75, 3.05) is 0 Å². The van der Waals surface area contributed by atoms with Crippen LogP contribution in [0.25, 0.3) is 0 Å². The lowest BCUT2D eigenvalue weighted by Crippen LogP contribution is -2.18. The summed E-state index contributed by atoms with van der Waals surface area (Å²) in [5, 5.41) is 11.4. The lowest BCUT2D eigenvalue weighted by Gasteiger charge is -2.22. The van der Waals surface area contributed by atoms with Crippen molar-refractivity contribution >= 4 is 35.2 Å². The number of nitro benzene ring substituents is 1. The minimum Gasteiger partial charge on any atom is -0.461 e. The van der Waals surface area contributed by atoms with Crippen molar-refractivity contribution in [2.24, 2.45) is 4.99 Å². The number of ether oxygens (including phenoxy) is 1. The second-order valence-corrected chi connectivity index (χ2v) is 5.01. The number of carbonyl (C=O) groups excluding carboxylic acids is 1. The predicted molar refractivity (Wildman–Crippen MR) is 80.6 cm³/mol. The fraction of sp³-hybridized carbons (Fsp3) is 0.0667. The number of aliphatic imine (C=N–C) groups is 1. The molecule has 1 aliphatic heterocycles. The van der Waals surface area contributed by atoms with Crippen molar-refractivity contribution in [2.45, 2.75) is 6.10 Å². The molecule has 0 spiro atoms. The summed E-state index contributed by atoms with van der Waals surface area (Å²) < 4.78 is 5.51. The summed E-state index contributed by atoms with van der Waals surface area (Å²) in [6, 6.07) is 11.2. The van der Waals surface area contributed by atoms with Gasteiger partial charge in [0.1, 0.15) is 5.56 Å². The molecule has 1 aliphatic rings. The smallest absolute Gasteiger partial charge is 0.283 e. The summed E-state index contributed by atoms with van der Waals surface area (Å²) in [5.74, 6) is 0.0270. The third-order valence-corrected chi connectivity index (χ3v) is 3.45. The van der Waals surface area contributed by atoms with Gasteiger partial charge in [-0.15, -0.1) is 0 Å². The van der Waals surface area contributed by atoms with E-state index in [0.717, 1.165) is 0 Å². The summed E-state index contributed by atoms with van der Waals surface area (Å²) in [4.78, 5) is 26.1. The topological polar surface area (TPSA) is 81.8 Å². The van der Waals surface area contributed by atoms with Crippen LogP contribution in [-0.4, -0.2) is 17.1 Å². The third kappa shape index (κ3) is 2.44. The molecular weight excluding hydrogens is 308 g/mol. The van der Waals surface area contributed by atoms with Crippen LogP contribution in [0.15, 0.2) is 47.5 Å². The first kappa shape index (κ1) is 14.2. The van der Waals surface area contributed by atoms with Crippen LogP contribution in [0.3, 0.4) is 0 Å². The van der Waals surface area contributed by atoms with Gasteiger partial charge >= 0.3 is 0 Å². The average molecular weight is 317 g/mol. The van der Waals surface area contributed by atoms with Crippen molar-refractivity contribution in [3.05, 3.63) is 68.7 Å². The number of carbonyl (C=O) groups is 1. The number of aldehydes is 1. The number of nitro groups is 1. The molecule has 7 heteroatoms. The highest BCUT2D eigenvalue weighted by Crippen LogP contribution is 2.35. The van der Waals surface area contributed by atoms with Crippen molar-refractivity contribution in [3.8, 4) is 0 Å². The third-order valence-electron chi connectivity index (χ3n) is 3.21. The Labute approximate surface area is 130 Å². The lowest BCUT2D eigenvalue weighted by atomic mass is 10.1. The minimum absolute atomic E-state index is 0.0270. The van der Waals surface area contributed by atoms with E-state index in [0.29, 0.717) is 17.5 Å². The van der Waals surface area contributed by atoms with Gasteiger partial charge < -0.3 is 4.74 Å². The van der Waals surface area contributed by atoms with Gasteiger partial charge in [0.15, 0.2) is 12.4 Å². The summed E-state index contributed by atoms with van der Waals surface area (Å²) in [5.41, 5.74) is 1.12.